The number of hydrogen-bond acceptors (Lipinski definition) is 2. The minimum atomic E-state index is -0.271. The first kappa shape index (κ1) is 10.1. The van der Waals surface area contributed by atoms with Crippen LogP contribution in [0.1, 0.15) is 38.5 Å². The van der Waals surface area contributed by atoms with Gasteiger partial charge in [0, 0.05) is 12.5 Å². The summed E-state index contributed by atoms with van der Waals surface area (Å²) in [6, 6.07) is 0.123. The van der Waals surface area contributed by atoms with E-state index in [2.05, 4.69) is 10.6 Å². The Morgan fingerprint density at radius 3 is 2.25 bits per heavy atom. The molecule has 0 radical (unpaired) electrons. The van der Waals surface area contributed by atoms with E-state index in [9.17, 15) is 9.59 Å². The van der Waals surface area contributed by atoms with Crippen molar-refractivity contribution in [1.29, 1.82) is 0 Å². The van der Waals surface area contributed by atoms with E-state index < -0.39 is 0 Å². The first-order chi connectivity index (χ1) is 7.74. The second-order valence-corrected chi connectivity index (χ2v) is 5.37. The molecule has 3 fully saturated rings. The summed E-state index contributed by atoms with van der Waals surface area (Å²) in [5.74, 6) is 1.48. The lowest BCUT2D eigenvalue weighted by Crippen LogP contribution is -2.47. The van der Waals surface area contributed by atoms with Crippen LogP contribution >= 0.6 is 0 Å². The maximum absolute atomic E-state index is 11.9. The van der Waals surface area contributed by atoms with E-state index in [-0.39, 0.29) is 17.9 Å². The molecule has 1 unspecified atom stereocenters. The summed E-state index contributed by atoms with van der Waals surface area (Å²) in [4.78, 5) is 23.0. The molecule has 3 rings (SSSR count). The molecule has 0 aromatic heterocycles. The lowest BCUT2D eigenvalue weighted by atomic mass is 10.1. The molecule has 2 amide bonds. The summed E-state index contributed by atoms with van der Waals surface area (Å²) in [6.07, 6.45) is 6.20. The number of carbonyl (C=O) groups is 2. The molecule has 1 aliphatic heterocycles. The Morgan fingerprint density at radius 2 is 1.81 bits per heavy atom. The molecule has 4 nitrogen and oxygen atoms in total. The molecule has 4 heteroatoms. The third kappa shape index (κ3) is 2.06. The second-order valence-electron chi connectivity index (χ2n) is 5.37. The highest BCUT2D eigenvalue weighted by Crippen LogP contribution is 2.44. The van der Waals surface area contributed by atoms with E-state index in [4.69, 9.17) is 0 Å². The van der Waals surface area contributed by atoms with Crippen LogP contribution in [-0.4, -0.2) is 23.9 Å². The van der Waals surface area contributed by atoms with Crippen molar-refractivity contribution in [2.45, 2.75) is 50.6 Å². The summed E-state index contributed by atoms with van der Waals surface area (Å²) < 4.78 is 0. The van der Waals surface area contributed by atoms with Crippen LogP contribution in [0.15, 0.2) is 0 Å². The Bertz CT molecular complexity index is 309. The molecule has 2 saturated carbocycles. The van der Waals surface area contributed by atoms with Crippen molar-refractivity contribution in [1.82, 2.24) is 10.6 Å². The van der Waals surface area contributed by atoms with E-state index in [0.29, 0.717) is 30.7 Å². The molecule has 2 aliphatic carbocycles. The largest absolute Gasteiger partial charge is 0.351 e. The summed E-state index contributed by atoms with van der Waals surface area (Å²) in [5, 5.41) is 5.88. The predicted molar refractivity (Wildman–Crippen MR) is 58.5 cm³/mol. The Hall–Kier alpha value is -1.06. The smallest absolute Gasteiger partial charge is 0.242 e. The predicted octanol–water partition coefficient (Wildman–Crippen LogP) is 0.570. The standard InChI is InChI=1S/C12H18N2O2/c15-10-6-5-9(13-10)12(16)14-11(7-1-2-7)8-3-4-8/h7-9,11H,1-6H2,(H,13,15)(H,14,16). The molecule has 0 spiro atoms. The van der Waals surface area contributed by atoms with E-state index in [1.807, 2.05) is 0 Å². The van der Waals surface area contributed by atoms with Crippen LogP contribution in [0.3, 0.4) is 0 Å². The van der Waals surface area contributed by atoms with Gasteiger partial charge in [0.05, 0.1) is 0 Å². The molecule has 88 valence electrons. The quantitative estimate of drug-likeness (QED) is 0.730. The third-order valence-electron chi connectivity index (χ3n) is 3.88. The Balaban J connectivity index is 1.56. The minimum Gasteiger partial charge on any atom is -0.351 e. The van der Waals surface area contributed by atoms with Crippen LogP contribution < -0.4 is 10.6 Å². The average molecular weight is 222 g/mol. The molecule has 0 aromatic rings. The average Bonchev–Trinajstić information content (AvgIpc) is 3.14. The van der Waals surface area contributed by atoms with Gasteiger partial charge in [0.15, 0.2) is 0 Å². The number of carbonyl (C=O) groups excluding carboxylic acids is 2. The summed E-state index contributed by atoms with van der Waals surface area (Å²) in [5.41, 5.74) is 0. The van der Waals surface area contributed by atoms with Crippen molar-refractivity contribution in [3.8, 4) is 0 Å². The van der Waals surface area contributed by atoms with Gasteiger partial charge in [-0.25, -0.2) is 0 Å². The van der Waals surface area contributed by atoms with Gasteiger partial charge >= 0.3 is 0 Å². The number of rotatable bonds is 4. The lowest BCUT2D eigenvalue weighted by molar-refractivity contribution is -0.126. The molecule has 3 aliphatic rings. The zero-order valence-electron chi connectivity index (χ0n) is 9.37. The van der Waals surface area contributed by atoms with E-state index in [0.717, 1.165) is 0 Å². The highest BCUT2D eigenvalue weighted by atomic mass is 16.2. The zero-order valence-corrected chi connectivity index (χ0v) is 9.37. The molecule has 2 N–H and O–H groups in total. The van der Waals surface area contributed by atoms with Crippen LogP contribution in [0.4, 0.5) is 0 Å². The zero-order chi connectivity index (χ0) is 11.1. The van der Waals surface area contributed by atoms with Crippen LogP contribution in [0.5, 0.6) is 0 Å². The highest BCUT2D eigenvalue weighted by Gasteiger charge is 2.43. The fourth-order valence-corrected chi connectivity index (χ4v) is 2.61. The van der Waals surface area contributed by atoms with Gasteiger partial charge in [-0.05, 0) is 43.9 Å². The topological polar surface area (TPSA) is 58.2 Å². The van der Waals surface area contributed by atoms with Crippen LogP contribution in [0.2, 0.25) is 0 Å². The summed E-state index contributed by atoms with van der Waals surface area (Å²) >= 11 is 0. The minimum absolute atomic E-state index is 0.00884. The highest BCUT2D eigenvalue weighted by molar-refractivity contribution is 5.90. The summed E-state index contributed by atoms with van der Waals surface area (Å²) in [6.45, 7) is 0. The van der Waals surface area contributed by atoms with Gasteiger partial charge in [-0.15, -0.1) is 0 Å². The number of hydrogen-bond donors (Lipinski definition) is 2. The van der Waals surface area contributed by atoms with E-state index in [1.165, 1.54) is 25.7 Å². The molecule has 1 saturated heterocycles. The monoisotopic (exact) mass is 222 g/mol. The van der Waals surface area contributed by atoms with Crippen molar-refractivity contribution in [2.24, 2.45) is 11.8 Å². The maximum Gasteiger partial charge on any atom is 0.242 e. The van der Waals surface area contributed by atoms with Gasteiger partial charge < -0.3 is 10.6 Å². The molecule has 0 bridgehead atoms. The van der Waals surface area contributed by atoms with Gasteiger partial charge in [0.1, 0.15) is 6.04 Å². The maximum atomic E-state index is 11.9. The first-order valence-electron chi connectivity index (χ1n) is 6.34. The second kappa shape index (κ2) is 3.75. The van der Waals surface area contributed by atoms with Crippen molar-refractivity contribution >= 4 is 11.8 Å². The summed E-state index contributed by atoms with van der Waals surface area (Å²) in [7, 11) is 0. The van der Waals surface area contributed by atoms with Gasteiger partial charge in [0.2, 0.25) is 11.8 Å². The molecule has 0 aromatic carbocycles. The normalized spacial score (nSPS) is 29.3. The van der Waals surface area contributed by atoms with Gasteiger partial charge in [-0.1, -0.05) is 0 Å². The Kier molecular flexibility index (Phi) is 2.37. The van der Waals surface area contributed by atoms with Crippen LogP contribution in [0, 0.1) is 11.8 Å². The fourth-order valence-electron chi connectivity index (χ4n) is 2.61. The molecule has 1 atom stereocenters. The third-order valence-corrected chi connectivity index (χ3v) is 3.88. The number of nitrogens with one attached hydrogen (secondary N) is 2. The van der Waals surface area contributed by atoms with Crippen molar-refractivity contribution < 1.29 is 9.59 Å². The van der Waals surface area contributed by atoms with Crippen molar-refractivity contribution in [3.63, 3.8) is 0 Å². The fraction of sp³-hybridized carbons (Fsp3) is 0.833. The molecule has 16 heavy (non-hydrogen) atoms. The van der Waals surface area contributed by atoms with Crippen LogP contribution in [0.25, 0.3) is 0 Å². The van der Waals surface area contributed by atoms with Crippen molar-refractivity contribution in [2.75, 3.05) is 0 Å². The van der Waals surface area contributed by atoms with Gasteiger partial charge in [-0.3, -0.25) is 9.59 Å². The van der Waals surface area contributed by atoms with Crippen LogP contribution in [-0.2, 0) is 9.59 Å². The first-order valence-corrected chi connectivity index (χ1v) is 6.34. The SMILES string of the molecule is O=C1CCC(C(=O)NC(C2CC2)C2CC2)N1. The Labute approximate surface area is 95.2 Å². The molecular weight excluding hydrogens is 204 g/mol. The lowest BCUT2D eigenvalue weighted by Gasteiger charge is -2.20. The van der Waals surface area contributed by atoms with Gasteiger partial charge in [0.25, 0.3) is 0 Å². The van der Waals surface area contributed by atoms with E-state index >= 15 is 0 Å². The van der Waals surface area contributed by atoms with Gasteiger partial charge in [-0.2, -0.15) is 0 Å². The van der Waals surface area contributed by atoms with E-state index in [1.54, 1.807) is 0 Å². The van der Waals surface area contributed by atoms with Crippen molar-refractivity contribution in [3.05, 3.63) is 0 Å². The molecular formula is C12H18N2O2. The Morgan fingerprint density at radius 1 is 1.19 bits per heavy atom. The molecule has 1 heterocycles. The number of amides is 2.